The van der Waals surface area contributed by atoms with Crippen LogP contribution in [0.1, 0.15) is 37.3 Å². The quantitative estimate of drug-likeness (QED) is 0.822. The Labute approximate surface area is 107 Å². The molecule has 2 atom stereocenters. The smallest absolute Gasteiger partial charge is 0.323 e. The molecule has 4 heteroatoms. The Kier molecular flexibility index (Phi) is 5.15. The van der Waals surface area contributed by atoms with E-state index in [-0.39, 0.29) is 24.0 Å². The van der Waals surface area contributed by atoms with Crippen LogP contribution in [-0.2, 0) is 9.53 Å². The zero-order valence-corrected chi connectivity index (χ0v) is 11.9. The largest absolute Gasteiger partial charge is 0.468 e. The van der Waals surface area contributed by atoms with Gasteiger partial charge < -0.3 is 4.74 Å². The van der Waals surface area contributed by atoms with Crippen LogP contribution in [0.25, 0.3) is 0 Å². The fraction of sp³-hybridized carbons (Fsp3) is 0.615. The number of hydrogen-bond donors (Lipinski definition) is 1. The first kappa shape index (κ1) is 14.2. The number of thiophene rings is 1. The van der Waals surface area contributed by atoms with Crippen LogP contribution in [0.3, 0.4) is 0 Å². The van der Waals surface area contributed by atoms with Gasteiger partial charge in [-0.1, -0.05) is 13.8 Å². The first-order valence-corrected chi connectivity index (χ1v) is 6.73. The first-order valence-electron chi connectivity index (χ1n) is 5.85. The van der Waals surface area contributed by atoms with Gasteiger partial charge in [0.05, 0.1) is 7.11 Å². The maximum atomic E-state index is 11.7. The van der Waals surface area contributed by atoms with Crippen molar-refractivity contribution in [3.63, 3.8) is 0 Å². The molecule has 2 unspecified atom stereocenters. The van der Waals surface area contributed by atoms with Crippen LogP contribution in [0.5, 0.6) is 0 Å². The lowest BCUT2D eigenvalue weighted by atomic mass is 10.0. The second-order valence-corrected chi connectivity index (χ2v) is 5.55. The van der Waals surface area contributed by atoms with Crippen LogP contribution in [0.2, 0.25) is 0 Å². The minimum Gasteiger partial charge on any atom is -0.468 e. The molecule has 1 heterocycles. The highest BCUT2D eigenvalue weighted by Gasteiger charge is 2.25. The van der Waals surface area contributed by atoms with Crippen molar-refractivity contribution in [1.82, 2.24) is 5.32 Å². The minimum atomic E-state index is -0.253. The molecule has 0 saturated heterocycles. The lowest BCUT2D eigenvalue weighted by molar-refractivity contribution is -0.144. The van der Waals surface area contributed by atoms with E-state index in [9.17, 15) is 4.79 Å². The van der Waals surface area contributed by atoms with Gasteiger partial charge in [-0.15, -0.1) is 11.3 Å². The second kappa shape index (κ2) is 6.17. The first-order chi connectivity index (χ1) is 7.97. The zero-order valence-electron chi connectivity index (χ0n) is 11.1. The number of rotatable bonds is 5. The summed E-state index contributed by atoms with van der Waals surface area (Å²) in [6, 6.07) is 2.01. The summed E-state index contributed by atoms with van der Waals surface area (Å²) < 4.78 is 4.82. The van der Waals surface area contributed by atoms with Crippen LogP contribution in [0.15, 0.2) is 11.4 Å². The monoisotopic (exact) mass is 255 g/mol. The predicted octanol–water partition coefficient (Wildman–Crippen LogP) is 2.90. The Morgan fingerprint density at radius 2 is 2.06 bits per heavy atom. The fourth-order valence-corrected chi connectivity index (χ4v) is 2.78. The lowest BCUT2D eigenvalue weighted by Crippen LogP contribution is -2.42. The Balaban J connectivity index is 2.74. The topological polar surface area (TPSA) is 38.3 Å². The molecule has 0 aliphatic carbocycles. The van der Waals surface area contributed by atoms with Crippen molar-refractivity contribution in [1.29, 1.82) is 0 Å². The van der Waals surface area contributed by atoms with Crippen molar-refractivity contribution in [2.45, 2.75) is 39.8 Å². The van der Waals surface area contributed by atoms with Gasteiger partial charge in [0.15, 0.2) is 0 Å². The molecule has 0 aliphatic heterocycles. The number of esters is 1. The van der Waals surface area contributed by atoms with Gasteiger partial charge in [0.2, 0.25) is 0 Å². The van der Waals surface area contributed by atoms with E-state index in [0.29, 0.717) is 0 Å². The summed E-state index contributed by atoms with van der Waals surface area (Å²) >= 11 is 1.72. The summed E-state index contributed by atoms with van der Waals surface area (Å²) in [4.78, 5) is 12.9. The summed E-state index contributed by atoms with van der Waals surface area (Å²) in [6.45, 7) is 8.20. The molecule has 1 N–H and O–H groups in total. The van der Waals surface area contributed by atoms with Crippen molar-refractivity contribution in [3.05, 3.63) is 21.9 Å². The molecule has 0 bridgehead atoms. The maximum Gasteiger partial charge on any atom is 0.323 e. The van der Waals surface area contributed by atoms with Crippen LogP contribution in [0, 0.1) is 12.8 Å². The van der Waals surface area contributed by atoms with Crippen LogP contribution in [-0.4, -0.2) is 19.1 Å². The molecule has 1 aromatic rings. The normalized spacial score (nSPS) is 14.7. The van der Waals surface area contributed by atoms with Crippen molar-refractivity contribution in [2.24, 2.45) is 5.92 Å². The molecular weight excluding hydrogens is 234 g/mol. The number of nitrogens with one attached hydrogen (secondary N) is 1. The maximum absolute atomic E-state index is 11.7. The van der Waals surface area contributed by atoms with Gasteiger partial charge in [-0.25, -0.2) is 0 Å². The lowest BCUT2D eigenvalue weighted by Gasteiger charge is -2.24. The molecular formula is C13H21NO2S. The number of hydrogen-bond acceptors (Lipinski definition) is 4. The molecule has 96 valence electrons. The van der Waals surface area contributed by atoms with Gasteiger partial charge in [-0.3, -0.25) is 10.1 Å². The van der Waals surface area contributed by atoms with E-state index >= 15 is 0 Å². The molecule has 0 saturated carbocycles. The van der Waals surface area contributed by atoms with E-state index in [1.54, 1.807) is 11.3 Å². The van der Waals surface area contributed by atoms with Gasteiger partial charge in [0.25, 0.3) is 0 Å². The Hall–Kier alpha value is -0.870. The molecule has 0 aliphatic rings. The van der Waals surface area contributed by atoms with Crippen molar-refractivity contribution in [3.8, 4) is 0 Å². The SMILES string of the molecule is COC(=O)C(NC(C)c1sccc1C)C(C)C. The third-order valence-electron chi connectivity index (χ3n) is 2.85. The van der Waals surface area contributed by atoms with E-state index < -0.39 is 0 Å². The minimum absolute atomic E-state index is 0.168. The van der Waals surface area contributed by atoms with Gasteiger partial charge in [0.1, 0.15) is 6.04 Å². The average Bonchev–Trinajstić information content (AvgIpc) is 2.70. The number of ether oxygens (including phenoxy) is 1. The van der Waals surface area contributed by atoms with Crippen LogP contribution >= 0.6 is 11.3 Å². The summed E-state index contributed by atoms with van der Waals surface area (Å²) in [7, 11) is 1.43. The predicted molar refractivity (Wildman–Crippen MR) is 71.2 cm³/mol. The molecule has 0 amide bonds. The molecule has 0 aromatic carbocycles. The van der Waals surface area contributed by atoms with E-state index in [4.69, 9.17) is 4.74 Å². The molecule has 1 aromatic heterocycles. The Morgan fingerprint density at radius 3 is 2.47 bits per heavy atom. The summed E-state index contributed by atoms with van der Waals surface area (Å²) in [6.07, 6.45) is 0. The number of carbonyl (C=O) groups is 1. The van der Waals surface area contributed by atoms with Gasteiger partial charge >= 0.3 is 5.97 Å². The molecule has 1 rings (SSSR count). The highest BCUT2D eigenvalue weighted by molar-refractivity contribution is 7.10. The van der Waals surface area contributed by atoms with Crippen LogP contribution in [0.4, 0.5) is 0 Å². The van der Waals surface area contributed by atoms with Gasteiger partial charge in [0, 0.05) is 10.9 Å². The summed E-state index contributed by atoms with van der Waals surface area (Å²) in [5.74, 6) is 0.0197. The van der Waals surface area contributed by atoms with E-state index in [2.05, 4.69) is 30.6 Å². The van der Waals surface area contributed by atoms with E-state index in [1.807, 2.05) is 13.8 Å². The van der Waals surface area contributed by atoms with Crippen molar-refractivity contribution >= 4 is 17.3 Å². The average molecular weight is 255 g/mol. The Morgan fingerprint density at radius 1 is 1.41 bits per heavy atom. The molecule has 0 fully saturated rings. The highest BCUT2D eigenvalue weighted by atomic mass is 32.1. The zero-order chi connectivity index (χ0) is 13.0. The molecule has 3 nitrogen and oxygen atoms in total. The van der Waals surface area contributed by atoms with E-state index in [1.165, 1.54) is 17.6 Å². The van der Waals surface area contributed by atoms with E-state index in [0.717, 1.165) is 0 Å². The number of methoxy groups -OCH3 is 1. The fourth-order valence-electron chi connectivity index (χ4n) is 1.83. The second-order valence-electron chi connectivity index (χ2n) is 4.60. The standard InChI is InChI=1S/C13H21NO2S/c1-8(2)11(13(15)16-5)14-10(4)12-9(3)6-7-17-12/h6-8,10-11,14H,1-5H3. The molecule has 0 radical (unpaired) electrons. The summed E-state index contributed by atoms with van der Waals surface area (Å²) in [5, 5.41) is 5.42. The Bertz CT molecular complexity index is 373. The van der Waals surface area contributed by atoms with Crippen molar-refractivity contribution < 1.29 is 9.53 Å². The highest BCUT2D eigenvalue weighted by Crippen LogP contribution is 2.24. The van der Waals surface area contributed by atoms with Crippen molar-refractivity contribution in [2.75, 3.05) is 7.11 Å². The third-order valence-corrected chi connectivity index (χ3v) is 4.05. The third kappa shape index (κ3) is 3.54. The molecule has 0 spiro atoms. The summed E-state index contributed by atoms with van der Waals surface area (Å²) in [5.41, 5.74) is 1.27. The number of carbonyl (C=O) groups excluding carboxylic acids is 1. The molecule has 17 heavy (non-hydrogen) atoms. The number of aryl methyl sites for hydroxylation is 1. The van der Waals surface area contributed by atoms with Gasteiger partial charge in [-0.2, -0.15) is 0 Å². The van der Waals surface area contributed by atoms with Crippen LogP contribution < -0.4 is 5.32 Å². The van der Waals surface area contributed by atoms with Gasteiger partial charge in [-0.05, 0) is 36.8 Å².